The second-order valence-corrected chi connectivity index (χ2v) is 2.10. The summed E-state index contributed by atoms with van der Waals surface area (Å²) in [5, 5.41) is 2.42. The summed E-state index contributed by atoms with van der Waals surface area (Å²) in [6, 6.07) is -0.420. The van der Waals surface area contributed by atoms with Gasteiger partial charge in [0.15, 0.2) is 5.78 Å². The number of ketones is 1. The second-order valence-electron chi connectivity index (χ2n) is 2.10. The zero-order valence-electron chi connectivity index (χ0n) is 6.18. The maximum atomic E-state index is 10.5. The van der Waals surface area contributed by atoms with Crippen LogP contribution in [0, 0.1) is 0 Å². The zero-order valence-corrected chi connectivity index (χ0v) is 6.18. The highest BCUT2D eigenvalue weighted by molar-refractivity contribution is 5.87. The first-order valence-corrected chi connectivity index (χ1v) is 3.07. The van der Waals surface area contributed by atoms with Crippen LogP contribution in [0.5, 0.6) is 0 Å². The molecule has 0 aromatic heterocycles. The SMILES string of the molecule is CC(=O)C(C)NC(=O)CN. The smallest absolute Gasteiger partial charge is 0.234 e. The first kappa shape index (κ1) is 9.10. The number of nitrogens with two attached hydrogens (primary N) is 1. The van der Waals surface area contributed by atoms with Crippen LogP contribution in [0.25, 0.3) is 0 Å². The lowest BCUT2D eigenvalue weighted by molar-refractivity contribution is -0.125. The number of Topliss-reactive ketones (excluding diaryl/α,β-unsaturated/α-hetero) is 1. The highest BCUT2D eigenvalue weighted by Gasteiger charge is 2.08. The van der Waals surface area contributed by atoms with Crippen LogP contribution in [0.4, 0.5) is 0 Å². The van der Waals surface area contributed by atoms with Gasteiger partial charge in [-0.15, -0.1) is 0 Å². The minimum atomic E-state index is -0.420. The van der Waals surface area contributed by atoms with Crippen LogP contribution in [-0.4, -0.2) is 24.3 Å². The van der Waals surface area contributed by atoms with Crippen LogP contribution >= 0.6 is 0 Å². The molecule has 58 valence electrons. The van der Waals surface area contributed by atoms with E-state index in [1.807, 2.05) is 0 Å². The standard InChI is InChI=1S/C6H12N2O2/c1-4(5(2)9)8-6(10)3-7/h4H,3,7H2,1-2H3,(H,8,10). The number of hydrogen-bond donors (Lipinski definition) is 2. The summed E-state index contributed by atoms with van der Waals surface area (Å²) >= 11 is 0. The molecule has 0 aromatic rings. The largest absolute Gasteiger partial charge is 0.345 e. The summed E-state index contributed by atoms with van der Waals surface area (Å²) in [5.41, 5.74) is 5.00. The predicted octanol–water partition coefficient (Wildman–Crippen LogP) is -0.961. The lowest BCUT2D eigenvalue weighted by atomic mass is 10.2. The summed E-state index contributed by atoms with van der Waals surface area (Å²) in [6.07, 6.45) is 0. The van der Waals surface area contributed by atoms with Crippen molar-refractivity contribution in [2.24, 2.45) is 5.73 Å². The fraction of sp³-hybridized carbons (Fsp3) is 0.667. The molecule has 0 saturated heterocycles. The van der Waals surface area contributed by atoms with Crippen molar-refractivity contribution in [2.75, 3.05) is 6.54 Å². The Labute approximate surface area is 59.8 Å². The van der Waals surface area contributed by atoms with Gasteiger partial charge in [-0.05, 0) is 13.8 Å². The van der Waals surface area contributed by atoms with Crippen molar-refractivity contribution < 1.29 is 9.59 Å². The van der Waals surface area contributed by atoms with Gasteiger partial charge in [0.05, 0.1) is 12.6 Å². The highest BCUT2D eigenvalue weighted by atomic mass is 16.2. The van der Waals surface area contributed by atoms with Gasteiger partial charge in [-0.2, -0.15) is 0 Å². The van der Waals surface area contributed by atoms with E-state index in [0.717, 1.165) is 0 Å². The molecule has 0 heterocycles. The van der Waals surface area contributed by atoms with E-state index in [1.54, 1.807) is 6.92 Å². The van der Waals surface area contributed by atoms with Gasteiger partial charge in [-0.3, -0.25) is 9.59 Å². The van der Waals surface area contributed by atoms with Crippen LogP contribution in [0.1, 0.15) is 13.8 Å². The molecule has 4 nitrogen and oxygen atoms in total. The molecular formula is C6H12N2O2. The summed E-state index contributed by atoms with van der Waals surface area (Å²) in [6.45, 7) is 2.97. The van der Waals surface area contributed by atoms with Crippen molar-refractivity contribution in [1.29, 1.82) is 0 Å². The van der Waals surface area contributed by atoms with Gasteiger partial charge in [0, 0.05) is 0 Å². The third-order valence-electron chi connectivity index (χ3n) is 1.17. The zero-order chi connectivity index (χ0) is 8.15. The molecule has 4 heteroatoms. The molecule has 0 rings (SSSR count). The van der Waals surface area contributed by atoms with Crippen molar-refractivity contribution in [3.63, 3.8) is 0 Å². The predicted molar refractivity (Wildman–Crippen MR) is 37.3 cm³/mol. The average molecular weight is 144 g/mol. The Hall–Kier alpha value is -0.900. The van der Waals surface area contributed by atoms with E-state index in [2.05, 4.69) is 5.32 Å². The van der Waals surface area contributed by atoms with Crippen LogP contribution in [0.2, 0.25) is 0 Å². The summed E-state index contributed by atoms with van der Waals surface area (Å²) < 4.78 is 0. The Kier molecular flexibility index (Phi) is 3.64. The number of amides is 1. The van der Waals surface area contributed by atoms with Crippen molar-refractivity contribution in [1.82, 2.24) is 5.32 Å². The third-order valence-corrected chi connectivity index (χ3v) is 1.17. The molecule has 0 aliphatic rings. The molecule has 1 atom stereocenters. The number of nitrogens with one attached hydrogen (secondary N) is 1. The maximum Gasteiger partial charge on any atom is 0.234 e. The molecule has 0 radical (unpaired) electrons. The third kappa shape index (κ3) is 3.19. The summed E-state index contributed by atoms with van der Waals surface area (Å²) in [4.78, 5) is 21.1. The summed E-state index contributed by atoms with van der Waals surface area (Å²) in [7, 11) is 0. The number of carbonyl (C=O) groups excluding carboxylic acids is 2. The molecular weight excluding hydrogens is 132 g/mol. The van der Waals surface area contributed by atoms with E-state index in [0.29, 0.717) is 0 Å². The molecule has 3 N–H and O–H groups in total. The van der Waals surface area contributed by atoms with Gasteiger partial charge < -0.3 is 11.1 Å². The second kappa shape index (κ2) is 4.00. The Bertz CT molecular complexity index is 145. The first-order chi connectivity index (χ1) is 4.57. The van der Waals surface area contributed by atoms with Gasteiger partial charge in [0.25, 0.3) is 0 Å². The van der Waals surface area contributed by atoms with Crippen molar-refractivity contribution in [3.05, 3.63) is 0 Å². The molecule has 0 spiro atoms. The van der Waals surface area contributed by atoms with Crippen LogP contribution < -0.4 is 11.1 Å². The Morgan fingerprint density at radius 3 is 2.40 bits per heavy atom. The molecule has 0 aliphatic carbocycles. The fourth-order valence-electron chi connectivity index (χ4n) is 0.402. The lowest BCUT2D eigenvalue weighted by Crippen LogP contribution is -2.40. The minimum Gasteiger partial charge on any atom is -0.345 e. The van der Waals surface area contributed by atoms with Crippen molar-refractivity contribution in [3.8, 4) is 0 Å². The van der Waals surface area contributed by atoms with Crippen molar-refractivity contribution >= 4 is 11.7 Å². The topological polar surface area (TPSA) is 72.2 Å². The normalized spacial score (nSPS) is 12.3. The Balaban J connectivity index is 3.68. The molecule has 0 saturated carbocycles. The molecule has 0 aromatic carbocycles. The highest BCUT2D eigenvalue weighted by Crippen LogP contribution is 1.81. The van der Waals surface area contributed by atoms with E-state index in [-0.39, 0.29) is 18.2 Å². The van der Waals surface area contributed by atoms with Gasteiger partial charge in [-0.1, -0.05) is 0 Å². The van der Waals surface area contributed by atoms with Gasteiger partial charge >= 0.3 is 0 Å². The first-order valence-electron chi connectivity index (χ1n) is 3.07. The number of carbonyl (C=O) groups is 2. The minimum absolute atomic E-state index is 0.0678. The molecule has 0 fully saturated rings. The van der Waals surface area contributed by atoms with Crippen LogP contribution in [0.3, 0.4) is 0 Å². The lowest BCUT2D eigenvalue weighted by Gasteiger charge is -2.07. The number of rotatable bonds is 3. The quantitative estimate of drug-likeness (QED) is 0.535. The van der Waals surface area contributed by atoms with E-state index in [1.165, 1.54) is 6.92 Å². The van der Waals surface area contributed by atoms with E-state index in [9.17, 15) is 9.59 Å². The molecule has 0 bridgehead atoms. The van der Waals surface area contributed by atoms with E-state index >= 15 is 0 Å². The average Bonchev–Trinajstić information content (AvgIpc) is 1.87. The molecule has 1 unspecified atom stereocenters. The summed E-state index contributed by atoms with van der Waals surface area (Å²) in [5.74, 6) is -0.371. The monoisotopic (exact) mass is 144 g/mol. The molecule has 0 aliphatic heterocycles. The van der Waals surface area contributed by atoms with E-state index in [4.69, 9.17) is 5.73 Å². The van der Waals surface area contributed by atoms with Gasteiger partial charge in [-0.25, -0.2) is 0 Å². The van der Waals surface area contributed by atoms with Gasteiger partial charge in [0.1, 0.15) is 0 Å². The molecule has 1 amide bonds. The van der Waals surface area contributed by atoms with Gasteiger partial charge in [0.2, 0.25) is 5.91 Å². The van der Waals surface area contributed by atoms with Crippen molar-refractivity contribution in [2.45, 2.75) is 19.9 Å². The van der Waals surface area contributed by atoms with Crippen LogP contribution in [0.15, 0.2) is 0 Å². The Morgan fingerprint density at radius 2 is 2.10 bits per heavy atom. The number of hydrogen-bond acceptors (Lipinski definition) is 3. The fourth-order valence-corrected chi connectivity index (χ4v) is 0.402. The Morgan fingerprint density at radius 1 is 1.60 bits per heavy atom. The molecule has 10 heavy (non-hydrogen) atoms. The van der Waals surface area contributed by atoms with E-state index < -0.39 is 6.04 Å². The maximum absolute atomic E-state index is 10.5. The van der Waals surface area contributed by atoms with Crippen LogP contribution in [-0.2, 0) is 9.59 Å².